The van der Waals surface area contributed by atoms with Gasteiger partial charge >= 0.3 is 0 Å². The van der Waals surface area contributed by atoms with Crippen LogP contribution in [0.2, 0.25) is 0 Å². The van der Waals surface area contributed by atoms with Crippen LogP contribution in [-0.4, -0.2) is 46.1 Å². The third-order valence-corrected chi connectivity index (χ3v) is 5.94. The Morgan fingerprint density at radius 1 is 1.15 bits per heavy atom. The lowest BCUT2D eigenvalue weighted by molar-refractivity contribution is -0.131. The monoisotopic (exact) mass is 381 g/mol. The Morgan fingerprint density at radius 2 is 1.96 bits per heavy atom. The topological polar surface area (TPSA) is 80.2 Å². The Kier molecular flexibility index (Phi) is 4.12. The Balaban J connectivity index is 1.09. The van der Waals surface area contributed by atoms with Crippen LogP contribution in [-0.2, 0) is 4.79 Å². The minimum absolute atomic E-state index is 0.0339. The van der Waals surface area contributed by atoms with Crippen LogP contribution in [0.3, 0.4) is 0 Å². The summed E-state index contributed by atoms with van der Waals surface area (Å²) in [5.41, 5.74) is 2.74. The maximum atomic E-state index is 12.4. The van der Waals surface area contributed by atoms with Gasteiger partial charge in [0.05, 0.1) is 16.3 Å². The average molecular weight is 381 g/mol. The number of hydrogen-bond donors (Lipinski definition) is 1. The fraction of sp³-hybridized carbons (Fsp3) is 0.368. The van der Waals surface area contributed by atoms with Crippen molar-refractivity contribution in [2.24, 2.45) is 5.92 Å². The normalized spacial score (nSPS) is 22.1. The molecule has 1 aliphatic heterocycles. The van der Waals surface area contributed by atoms with Gasteiger partial charge in [0.25, 0.3) is 0 Å². The summed E-state index contributed by atoms with van der Waals surface area (Å²) in [5, 5.41) is 3.13. The van der Waals surface area contributed by atoms with Crippen molar-refractivity contribution in [3.05, 3.63) is 42.2 Å². The van der Waals surface area contributed by atoms with E-state index in [0.29, 0.717) is 0 Å². The molecule has 1 saturated heterocycles. The molecule has 138 valence electrons. The lowest BCUT2D eigenvalue weighted by Crippen LogP contribution is -2.61. The van der Waals surface area contributed by atoms with Gasteiger partial charge in [-0.25, -0.2) is 15.0 Å². The number of amides is 1. The van der Waals surface area contributed by atoms with E-state index in [1.165, 1.54) is 0 Å². The van der Waals surface area contributed by atoms with Crippen LogP contribution < -0.4 is 15.0 Å². The maximum absolute atomic E-state index is 12.4. The van der Waals surface area contributed by atoms with Crippen LogP contribution in [0, 0.1) is 5.92 Å². The van der Waals surface area contributed by atoms with Crippen molar-refractivity contribution < 1.29 is 9.53 Å². The van der Waals surface area contributed by atoms with Crippen LogP contribution in [0.15, 0.2) is 42.2 Å². The summed E-state index contributed by atoms with van der Waals surface area (Å²) in [5.74, 6) is 1.69. The van der Waals surface area contributed by atoms with Crippen molar-refractivity contribution in [2.75, 3.05) is 18.0 Å². The number of aromatic nitrogens is 3. The summed E-state index contributed by atoms with van der Waals surface area (Å²) in [6, 6.07) is 7.94. The summed E-state index contributed by atoms with van der Waals surface area (Å²) in [6.07, 6.45) is 5.06. The van der Waals surface area contributed by atoms with Gasteiger partial charge in [-0.2, -0.15) is 0 Å². The van der Waals surface area contributed by atoms with Gasteiger partial charge in [0, 0.05) is 31.4 Å². The first-order valence-corrected chi connectivity index (χ1v) is 9.95. The SMILES string of the molecule is O=C(NC1CN(c2ncccn2)C1)C1CC(Oc2cccc3scnc23)C1. The predicted octanol–water partition coefficient (Wildman–Crippen LogP) is 2.25. The number of carbonyl (C=O) groups is 1. The molecular formula is C19H19N5O2S. The molecule has 1 aromatic carbocycles. The van der Waals surface area contributed by atoms with Crippen molar-refractivity contribution in [3.63, 3.8) is 0 Å². The fourth-order valence-corrected chi connectivity index (χ4v) is 4.21. The van der Waals surface area contributed by atoms with E-state index in [1.54, 1.807) is 29.8 Å². The number of anilines is 1. The summed E-state index contributed by atoms with van der Waals surface area (Å²) in [4.78, 5) is 27.3. The van der Waals surface area contributed by atoms with Crippen molar-refractivity contribution in [3.8, 4) is 5.75 Å². The molecule has 0 unspecified atom stereocenters. The molecule has 0 spiro atoms. The molecule has 1 N–H and O–H groups in total. The number of para-hydroxylation sites is 1. The third kappa shape index (κ3) is 3.21. The number of thiazole rings is 1. The van der Waals surface area contributed by atoms with Crippen LogP contribution in [0.25, 0.3) is 10.2 Å². The van der Waals surface area contributed by atoms with Gasteiger partial charge in [0.2, 0.25) is 11.9 Å². The molecule has 8 heteroatoms. The smallest absolute Gasteiger partial charge is 0.225 e. The van der Waals surface area contributed by atoms with Crippen molar-refractivity contribution in [2.45, 2.75) is 25.0 Å². The van der Waals surface area contributed by atoms with Crippen molar-refractivity contribution in [1.82, 2.24) is 20.3 Å². The van der Waals surface area contributed by atoms with E-state index in [2.05, 4.69) is 25.2 Å². The zero-order chi connectivity index (χ0) is 18.2. The first-order chi connectivity index (χ1) is 13.3. The molecule has 0 bridgehead atoms. The number of hydrogen-bond acceptors (Lipinski definition) is 7. The molecule has 2 aromatic heterocycles. The largest absolute Gasteiger partial charge is 0.488 e. The second-order valence-electron chi connectivity index (χ2n) is 7.02. The highest BCUT2D eigenvalue weighted by Gasteiger charge is 2.39. The Bertz CT molecular complexity index is 951. The van der Waals surface area contributed by atoms with E-state index in [1.807, 2.05) is 23.7 Å². The van der Waals surface area contributed by atoms with Gasteiger partial charge in [-0.3, -0.25) is 4.79 Å². The van der Waals surface area contributed by atoms with Gasteiger partial charge in [-0.05, 0) is 31.0 Å². The molecule has 1 amide bonds. The molecule has 27 heavy (non-hydrogen) atoms. The number of nitrogens with zero attached hydrogens (tertiary/aromatic N) is 4. The molecule has 3 heterocycles. The molecule has 0 atom stereocenters. The Labute approximate surface area is 160 Å². The van der Waals surface area contributed by atoms with Crippen LogP contribution >= 0.6 is 11.3 Å². The molecule has 2 fully saturated rings. The zero-order valence-corrected chi connectivity index (χ0v) is 15.4. The lowest BCUT2D eigenvalue weighted by atomic mass is 9.81. The molecule has 0 radical (unpaired) electrons. The molecular weight excluding hydrogens is 362 g/mol. The number of nitrogens with one attached hydrogen (secondary N) is 1. The maximum Gasteiger partial charge on any atom is 0.225 e. The summed E-state index contributed by atoms with van der Waals surface area (Å²) >= 11 is 1.61. The lowest BCUT2D eigenvalue weighted by Gasteiger charge is -2.41. The number of fused-ring (bicyclic) bond motifs is 1. The number of carbonyl (C=O) groups excluding carboxylic acids is 1. The van der Waals surface area contributed by atoms with E-state index in [-0.39, 0.29) is 24.0 Å². The number of rotatable bonds is 5. The second kappa shape index (κ2) is 6.77. The Morgan fingerprint density at radius 3 is 2.78 bits per heavy atom. The van der Waals surface area contributed by atoms with E-state index < -0.39 is 0 Å². The van der Waals surface area contributed by atoms with Gasteiger partial charge in [0.15, 0.2) is 0 Å². The average Bonchev–Trinajstić information content (AvgIpc) is 3.10. The third-order valence-electron chi connectivity index (χ3n) is 5.15. The highest BCUT2D eigenvalue weighted by atomic mass is 32.1. The van der Waals surface area contributed by atoms with Crippen LogP contribution in [0.4, 0.5) is 5.95 Å². The minimum Gasteiger partial charge on any atom is -0.488 e. The quantitative estimate of drug-likeness (QED) is 0.730. The minimum atomic E-state index is 0.0339. The Hall–Kier alpha value is -2.74. The van der Waals surface area contributed by atoms with Crippen molar-refractivity contribution >= 4 is 33.4 Å². The van der Waals surface area contributed by atoms with Crippen molar-refractivity contribution in [1.29, 1.82) is 0 Å². The first-order valence-electron chi connectivity index (χ1n) is 9.07. The van der Waals surface area contributed by atoms with Gasteiger partial charge in [-0.1, -0.05) is 6.07 Å². The molecule has 1 aliphatic carbocycles. The molecule has 3 aromatic rings. The van der Waals surface area contributed by atoms with Gasteiger partial charge < -0.3 is 15.0 Å². The van der Waals surface area contributed by atoms with E-state index in [0.717, 1.165) is 47.8 Å². The number of benzene rings is 1. The molecule has 7 nitrogen and oxygen atoms in total. The van der Waals surface area contributed by atoms with E-state index >= 15 is 0 Å². The summed E-state index contributed by atoms with van der Waals surface area (Å²) in [7, 11) is 0. The van der Waals surface area contributed by atoms with E-state index in [4.69, 9.17) is 4.74 Å². The molecule has 1 saturated carbocycles. The molecule has 5 rings (SSSR count). The summed E-state index contributed by atoms with van der Waals surface area (Å²) in [6.45, 7) is 1.52. The van der Waals surface area contributed by atoms with Crippen LogP contribution in [0.1, 0.15) is 12.8 Å². The van der Waals surface area contributed by atoms with Crippen LogP contribution in [0.5, 0.6) is 5.75 Å². The number of ether oxygens (including phenoxy) is 1. The predicted molar refractivity (Wildman–Crippen MR) is 103 cm³/mol. The zero-order valence-electron chi connectivity index (χ0n) is 14.6. The van der Waals surface area contributed by atoms with Gasteiger partial charge in [0.1, 0.15) is 17.4 Å². The fourth-order valence-electron chi connectivity index (χ4n) is 3.52. The molecule has 2 aliphatic rings. The standard InChI is InChI=1S/C19H19N5O2S/c25-18(23-13-9-24(10-13)19-20-5-2-6-21-19)12-7-14(8-12)26-15-3-1-4-16-17(15)22-11-27-16/h1-6,11-14H,7-10H2,(H,23,25). The highest BCUT2D eigenvalue weighted by Crippen LogP contribution is 2.35. The second-order valence-corrected chi connectivity index (χ2v) is 7.91. The van der Waals surface area contributed by atoms with Gasteiger partial charge in [-0.15, -0.1) is 11.3 Å². The summed E-state index contributed by atoms with van der Waals surface area (Å²) < 4.78 is 7.19. The van der Waals surface area contributed by atoms with E-state index in [9.17, 15) is 4.79 Å². The first kappa shape index (κ1) is 16.4. The highest BCUT2D eigenvalue weighted by molar-refractivity contribution is 7.16.